The third-order valence-corrected chi connectivity index (χ3v) is 4.74. The van der Waals surface area contributed by atoms with Gasteiger partial charge in [0.25, 0.3) is 5.91 Å². The molecule has 1 saturated carbocycles. The molecule has 6 heteroatoms. The number of carbonyl (C=O) groups excluding carboxylic acids is 2. The number of nitrogens with one attached hydrogen (secondary N) is 1. The van der Waals surface area contributed by atoms with E-state index in [1.165, 1.54) is 0 Å². The van der Waals surface area contributed by atoms with Gasteiger partial charge in [0.1, 0.15) is 0 Å². The zero-order chi connectivity index (χ0) is 17.9. The SMILES string of the molecule is O=C(COC(=O)C1(c2ccc(Cl)cc2)CC1)NCc1cccc(Cl)c1. The molecular weight excluding hydrogens is 361 g/mol. The van der Waals surface area contributed by atoms with Gasteiger partial charge >= 0.3 is 5.97 Å². The summed E-state index contributed by atoms with van der Waals surface area (Å²) in [7, 11) is 0. The highest BCUT2D eigenvalue weighted by atomic mass is 35.5. The van der Waals surface area contributed by atoms with Gasteiger partial charge in [-0.05, 0) is 48.2 Å². The van der Waals surface area contributed by atoms with E-state index in [-0.39, 0.29) is 18.5 Å². The van der Waals surface area contributed by atoms with Gasteiger partial charge in [-0.25, -0.2) is 0 Å². The molecule has 1 aliphatic rings. The summed E-state index contributed by atoms with van der Waals surface area (Å²) in [5, 5.41) is 3.94. The Bertz CT molecular complexity index is 786. The number of amides is 1. The number of rotatable bonds is 6. The van der Waals surface area contributed by atoms with Crippen LogP contribution in [-0.4, -0.2) is 18.5 Å². The van der Waals surface area contributed by atoms with Crippen molar-refractivity contribution >= 4 is 35.1 Å². The van der Waals surface area contributed by atoms with Crippen LogP contribution in [0.3, 0.4) is 0 Å². The second-order valence-electron chi connectivity index (χ2n) is 6.07. The molecule has 4 nitrogen and oxygen atoms in total. The van der Waals surface area contributed by atoms with Crippen LogP contribution in [0.15, 0.2) is 48.5 Å². The van der Waals surface area contributed by atoms with Gasteiger partial charge in [-0.2, -0.15) is 0 Å². The number of esters is 1. The van der Waals surface area contributed by atoms with Crippen LogP contribution >= 0.6 is 23.2 Å². The van der Waals surface area contributed by atoms with Crippen LogP contribution < -0.4 is 5.32 Å². The maximum atomic E-state index is 12.4. The molecule has 0 atom stereocenters. The van der Waals surface area contributed by atoms with Gasteiger partial charge in [0.05, 0.1) is 5.41 Å². The molecule has 2 aromatic carbocycles. The molecule has 1 aliphatic carbocycles. The Labute approximate surface area is 156 Å². The Morgan fingerprint density at radius 1 is 1.04 bits per heavy atom. The topological polar surface area (TPSA) is 55.4 Å². The molecule has 1 amide bonds. The average molecular weight is 378 g/mol. The molecule has 3 rings (SSSR count). The highest BCUT2D eigenvalue weighted by Gasteiger charge is 2.52. The third kappa shape index (κ3) is 4.33. The summed E-state index contributed by atoms with van der Waals surface area (Å²) in [6, 6.07) is 14.4. The van der Waals surface area contributed by atoms with E-state index >= 15 is 0 Å². The Balaban J connectivity index is 1.50. The van der Waals surface area contributed by atoms with Crippen LogP contribution in [0.25, 0.3) is 0 Å². The van der Waals surface area contributed by atoms with Gasteiger partial charge in [-0.3, -0.25) is 9.59 Å². The van der Waals surface area contributed by atoms with Crippen LogP contribution in [0.1, 0.15) is 24.0 Å². The Morgan fingerprint density at radius 2 is 1.76 bits per heavy atom. The first-order valence-electron chi connectivity index (χ1n) is 7.94. The van der Waals surface area contributed by atoms with E-state index in [1.54, 1.807) is 24.3 Å². The fraction of sp³-hybridized carbons (Fsp3) is 0.263. The first-order valence-corrected chi connectivity index (χ1v) is 8.70. The Kier molecular flexibility index (Phi) is 5.30. The lowest BCUT2D eigenvalue weighted by atomic mass is 9.96. The largest absolute Gasteiger partial charge is 0.455 e. The van der Waals surface area contributed by atoms with Crippen molar-refractivity contribution in [2.45, 2.75) is 24.8 Å². The zero-order valence-electron chi connectivity index (χ0n) is 13.4. The molecule has 0 aromatic heterocycles. The van der Waals surface area contributed by atoms with Crippen molar-refractivity contribution in [3.8, 4) is 0 Å². The molecule has 0 saturated heterocycles. The molecule has 0 aliphatic heterocycles. The van der Waals surface area contributed by atoms with Crippen molar-refractivity contribution in [2.75, 3.05) is 6.61 Å². The predicted molar refractivity (Wildman–Crippen MR) is 96.6 cm³/mol. The third-order valence-electron chi connectivity index (χ3n) is 4.25. The minimum atomic E-state index is -0.627. The van der Waals surface area contributed by atoms with Crippen LogP contribution in [0, 0.1) is 0 Å². The molecule has 2 aromatic rings. The summed E-state index contributed by atoms with van der Waals surface area (Å²) in [6.07, 6.45) is 1.44. The second-order valence-corrected chi connectivity index (χ2v) is 6.94. The monoisotopic (exact) mass is 377 g/mol. The predicted octanol–water partition coefficient (Wildman–Crippen LogP) is 3.88. The van der Waals surface area contributed by atoms with Gasteiger partial charge in [-0.1, -0.05) is 47.5 Å². The first-order chi connectivity index (χ1) is 12.0. The van der Waals surface area contributed by atoms with Gasteiger partial charge < -0.3 is 10.1 Å². The van der Waals surface area contributed by atoms with E-state index in [4.69, 9.17) is 27.9 Å². The van der Waals surface area contributed by atoms with Gasteiger partial charge in [0.15, 0.2) is 6.61 Å². The molecule has 0 heterocycles. The van der Waals surface area contributed by atoms with Crippen molar-refractivity contribution < 1.29 is 14.3 Å². The molecule has 25 heavy (non-hydrogen) atoms. The highest BCUT2D eigenvalue weighted by molar-refractivity contribution is 6.30. The number of ether oxygens (including phenoxy) is 1. The van der Waals surface area contributed by atoms with Gasteiger partial charge in [0, 0.05) is 16.6 Å². The molecule has 0 spiro atoms. The van der Waals surface area contributed by atoms with E-state index < -0.39 is 5.41 Å². The molecule has 130 valence electrons. The fourth-order valence-corrected chi connectivity index (χ4v) is 3.01. The number of benzene rings is 2. The summed E-state index contributed by atoms with van der Waals surface area (Å²) in [4.78, 5) is 24.3. The number of halogens is 2. The zero-order valence-corrected chi connectivity index (χ0v) is 14.9. The van der Waals surface area contributed by atoms with E-state index in [0.29, 0.717) is 16.6 Å². The van der Waals surface area contributed by atoms with Gasteiger partial charge in [-0.15, -0.1) is 0 Å². The van der Waals surface area contributed by atoms with Crippen molar-refractivity contribution in [3.05, 3.63) is 69.7 Å². The number of hydrogen-bond acceptors (Lipinski definition) is 3. The number of hydrogen-bond donors (Lipinski definition) is 1. The normalized spacial score (nSPS) is 14.6. The van der Waals surface area contributed by atoms with Gasteiger partial charge in [0.2, 0.25) is 0 Å². The molecule has 0 unspecified atom stereocenters. The standard InChI is InChI=1S/C19H17Cl2NO3/c20-15-6-4-14(5-7-15)19(8-9-19)18(24)25-12-17(23)22-11-13-2-1-3-16(21)10-13/h1-7,10H,8-9,11-12H2,(H,22,23). The maximum Gasteiger partial charge on any atom is 0.317 e. The van der Waals surface area contributed by atoms with Crippen LogP contribution in [-0.2, 0) is 26.3 Å². The second kappa shape index (κ2) is 7.46. The molecular formula is C19H17Cl2NO3. The van der Waals surface area contributed by atoms with Crippen molar-refractivity contribution in [3.63, 3.8) is 0 Å². The van der Waals surface area contributed by atoms with Crippen molar-refractivity contribution in [1.82, 2.24) is 5.32 Å². The Hall–Kier alpha value is -2.04. The summed E-state index contributed by atoms with van der Waals surface area (Å²) >= 11 is 11.8. The number of carbonyl (C=O) groups is 2. The quantitative estimate of drug-likeness (QED) is 0.777. The molecule has 1 fully saturated rings. The summed E-state index contributed by atoms with van der Waals surface area (Å²) in [6.45, 7) is 0.0357. The van der Waals surface area contributed by atoms with Crippen LogP contribution in [0.5, 0.6) is 0 Å². The first kappa shape index (κ1) is 17.8. The van der Waals surface area contributed by atoms with E-state index in [9.17, 15) is 9.59 Å². The maximum absolute atomic E-state index is 12.4. The van der Waals surface area contributed by atoms with Crippen LogP contribution in [0.2, 0.25) is 10.0 Å². The minimum absolute atomic E-state index is 0.297. The smallest absolute Gasteiger partial charge is 0.317 e. The summed E-state index contributed by atoms with van der Waals surface area (Å²) in [5.74, 6) is -0.715. The minimum Gasteiger partial charge on any atom is -0.455 e. The molecule has 0 bridgehead atoms. The lowest BCUT2D eigenvalue weighted by Crippen LogP contribution is -2.31. The van der Waals surface area contributed by atoms with E-state index in [0.717, 1.165) is 24.0 Å². The highest BCUT2D eigenvalue weighted by Crippen LogP contribution is 2.49. The molecule has 0 radical (unpaired) electrons. The molecule has 1 N–H and O–H groups in total. The van der Waals surface area contributed by atoms with Crippen molar-refractivity contribution in [1.29, 1.82) is 0 Å². The van der Waals surface area contributed by atoms with Crippen LogP contribution in [0.4, 0.5) is 0 Å². The van der Waals surface area contributed by atoms with E-state index in [2.05, 4.69) is 5.32 Å². The lowest BCUT2D eigenvalue weighted by Gasteiger charge is -2.15. The average Bonchev–Trinajstić information content (AvgIpc) is 3.40. The summed E-state index contributed by atoms with van der Waals surface area (Å²) < 4.78 is 5.22. The fourth-order valence-electron chi connectivity index (χ4n) is 2.67. The van der Waals surface area contributed by atoms with Crippen molar-refractivity contribution in [2.24, 2.45) is 0 Å². The summed E-state index contributed by atoms with van der Waals surface area (Å²) in [5.41, 5.74) is 1.13. The lowest BCUT2D eigenvalue weighted by molar-refractivity contribution is -0.151. The Morgan fingerprint density at radius 3 is 2.40 bits per heavy atom. The van der Waals surface area contributed by atoms with E-state index in [1.807, 2.05) is 24.3 Å².